The monoisotopic (exact) mass is 413 g/mol. The number of carboxylic acids is 1. The van der Waals surface area contributed by atoms with Crippen LogP contribution in [0.3, 0.4) is 0 Å². The van der Waals surface area contributed by atoms with Gasteiger partial charge in [0.15, 0.2) is 0 Å². The van der Waals surface area contributed by atoms with Crippen LogP contribution in [-0.2, 0) is 14.8 Å². The number of rotatable bonds is 6. The summed E-state index contributed by atoms with van der Waals surface area (Å²) in [6.07, 6.45) is 3.86. The molecule has 3 rings (SSSR count). The van der Waals surface area contributed by atoms with Crippen LogP contribution in [0.4, 0.5) is 4.39 Å². The second-order valence-electron chi connectivity index (χ2n) is 7.10. The predicted octanol–water partition coefficient (Wildman–Crippen LogP) is 0.889. The number of nitrogens with one attached hydrogen (secondary N) is 1. The first-order valence-electron chi connectivity index (χ1n) is 9.33. The lowest BCUT2D eigenvalue weighted by Gasteiger charge is -2.36. The van der Waals surface area contributed by atoms with Crippen LogP contribution >= 0.6 is 0 Å². The standard InChI is InChI=1S/C18H24FN3O5S/c19-16-11-14(3-4-15(16)18(25)20-12-17(23)24)28(26,27)22-9-5-13(6-10-22)21-7-1-2-8-21/h3-4,11,13H,1-2,5-10,12H2,(H,20,25)(H,23,24). The number of piperidine rings is 1. The maximum atomic E-state index is 14.3. The number of aliphatic carboxylic acids is 1. The summed E-state index contributed by atoms with van der Waals surface area (Å²) in [6, 6.07) is 3.46. The molecule has 1 aromatic rings. The fourth-order valence-electron chi connectivity index (χ4n) is 3.80. The molecule has 0 aliphatic carbocycles. The van der Waals surface area contributed by atoms with Crippen LogP contribution in [-0.4, -0.2) is 73.4 Å². The molecule has 1 amide bonds. The molecule has 2 aliphatic rings. The topological polar surface area (TPSA) is 107 Å². The van der Waals surface area contributed by atoms with E-state index < -0.39 is 39.8 Å². The highest BCUT2D eigenvalue weighted by Crippen LogP contribution is 2.26. The van der Waals surface area contributed by atoms with E-state index in [0.717, 1.165) is 38.1 Å². The van der Waals surface area contributed by atoms with Crippen molar-refractivity contribution < 1.29 is 27.5 Å². The Balaban J connectivity index is 1.67. The number of hydrogen-bond donors (Lipinski definition) is 2. The lowest BCUT2D eigenvalue weighted by molar-refractivity contribution is -0.135. The number of benzene rings is 1. The molecule has 8 nitrogen and oxygen atoms in total. The van der Waals surface area contributed by atoms with E-state index in [2.05, 4.69) is 4.90 Å². The molecule has 0 unspecified atom stereocenters. The smallest absolute Gasteiger partial charge is 0.322 e. The van der Waals surface area contributed by atoms with E-state index in [0.29, 0.717) is 19.1 Å². The Kier molecular flexibility index (Phi) is 6.31. The fraction of sp³-hybridized carbons (Fsp3) is 0.556. The lowest BCUT2D eigenvalue weighted by atomic mass is 10.1. The molecule has 2 saturated heterocycles. The van der Waals surface area contributed by atoms with Crippen molar-refractivity contribution in [2.24, 2.45) is 0 Å². The van der Waals surface area contributed by atoms with E-state index in [-0.39, 0.29) is 4.90 Å². The Morgan fingerprint density at radius 3 is 2.36 bits per heavy atom. The molecule has 2 fully saturated rings. The summed E-state index contributed by atoms with van der Waals surface area (Å²) < 4.78 is 41.3. The van der Waals surface area contributed by atoms with E-state index >= 15 is 0 Å². The van der Waals surface area contributed by atoms with E-state index in [1.807, 2.05) is 5.32 Å². The third-order valence-electron chi connectivity index (χ3n) is 5.30. The molecule has 0 spiro atoms. The van der Waals surface area contributed by atoms with Crippen molar-refractivity contribution in [3.8, 4) is 0 Å². The average molecular weight is 413 g/mol. The normalized spacial score (nSPS) is 19.6. The molecule has 0 saturated carbocycles. The van der Waals surface area contributed by atoms with Crippen LogP contribution in [0.2, 0.25) is 0 Å². The van der Waals surface area contributed by atoms with Crippen molar-refractivity contribution in [2.75, 3.05) is 32.7 Å². The number of likely N-dealkylation sites (tertiary alicyclic amines) is 1. The highest BCUT2D eigenvalue weighted by molar-refractivity contribution is 7.89. The van der Waals surface area contributed by atoms with Crippen molar-refractivity contribution in [1.29, 1.82) is 0 Å². The van der Waals surface area contributed by atoms with Gasteiger partial charge in [-0.15, -0.1) is 0 Å². The summed E-state index contributed by atoms with van der Waals surface area (Å²) in [4.78, 5) is 24.5. The van der Waals surface area contributed by atoms with Gasteiger partial charge < -0.3 is 15.3 Å². The number of carbonyl (C=O) groups is 2. The molecule has 0 bridgehead atoms. The van der Waals surface area contributed by atoms with Gasteiger partial charge in [0.05, 0.1) is 10.5 Å². The summed E-state index contributed by atoms with van der Waals surface area (Å²) in [5, 5.41) is 10.6. The van der Waals surface area contributed by atoms with Gasteiger partial charge in [-0.05, 0) is 57.0 Å². The predicted molar refractivity (Wildman–Crippen MR) is 99.0 cm³/mol. The first kappa shape index (κ1) is 20.7. The fourth-order valence-corrected chi connectivity index (χ4v) is 5.28. The van der Waals surface area contributed by atoms with E-state index in [1.165, 1.54) is 23.2 Å². The van der Waals surface area contributed by atoms with Crippen LogP contribution in [0.25, 0.3) is 0 Å². The number of sulfonamides is 1. The highest BCUT2D eigenvalue weighted by atomic mass is 32.2. The maximum absolute atomic E-state index is 14.3. The first-order valence-corrected chi connectivity index (χ1v) is 10.8. The number of carboxylic acid groups (broad SMARTS) is 1. The summed E-state index contributed by atoms with van der Waals surface area (Å²) in [5.74, 6) is -3.17. The Hall–Kier alpha value is -2.04. The maximum Gasteiger partial charge on any atom is 0.322 e. The van der Waals surface area contributed by atoms with Crippen molar-refractivity contribution in [3.63, 3.8) is 0 Å². The second kappa shape index (κ2) is 8.54. The third-order valence-corrected chi connectivity index (χ3v) is 7.20. The van der Waals surface area contributed by atoms with Crippen LogP contribution in [0.15, 0.2) is 23.1 Å². The van der Waals surface area contributed by atoms with Crippen molar-refractivity contribution in [3.05, 3.63) is 29.6 Å². The van der Waals surface area contributed by atoms with Gasteiger partial charge in [-0.1, -0.05) is 0 Å². The minimum atomic E-state index is -3.85. The van der Waals surface area contributed by atoms with Gasteiger partial charge in [-0.2, -0.15) is 4.31 Å². The van der Waals surface area contributed by atoms with E-state index in [1.54, 1.807) is 0 Å². The molecule has 2 N–H and O–H groups in total. The van der Waals surface area contributed by atoms with Crippen LogP contribution in [0.5, 0.6) is 0 Å². The van der Waals surface area contributed by atoms with Gasteiger partial charge in [0.1, 0.15) is 12.4 Å². The molecular weight excluding hydrogens is 389 g/mol. The second-order valence-corrected chi connectivity index (χ2v) is 9.03. The Bertz CT molecular complexity index is 847. The first-order chi connectivity index (χ1) is 13.3. The highest BCUT2D eigenvalue weighted by Gasteiger charge is 2.33. The van der Waals surface area contributed by atoms with Gasteiger partial charge in [-0.3, -0.25) is 9.59 Å². The minimum Gasteiger partial charge on any atom is -0.480 e. The summed E-state index contributed by atoms with van der Waals surface area (Å²) in [7, 11) is -3.85. The summed E-state index contributed by atoms with van der Waals surface area (Å²) >= 11 is 0. The number of halogens is 1. The zero-order chi connectivity index (χ0) is 20.3. The summed E-state index contributed by atoms with van der Waals surface area (Å²) in [5.41, 5.74) is -0.395. The van der Waals surface area contributed by atoms with Gasteiger partial charge in [0.25, 0.3) is 5.91 Å². The van der Waals surface area contributed by atoms with Crippen molar-refractivity contribution >= 4 is 21.9 Å². The molecule has 10 heteroatoms. The third kappa shape index (κ3) is 4.50. The SMILES string of the molecule is O=C(O)CNC(=O)c1ccc(S(=O)(=O)N2CCC(N3CCCC3)CC2)cc1F. The van der Waals surface area contributed by atoms with Gasteiger partial charge in [0.2, 0.25) is 10.0 Å². The van der Waals surface area contributed by atoms with E-state index in [4.69, 9.17) is 5.11 Å². The van der Waals surface area contributed by atoms with Crippen LogP contribution in [0, 0.1) is 5.82 Å². The zero-order valence-corrected chi connectivity index (χ0v) is 16.3. The minimum absolute atomic E-state index is 0.209. The molecular formula is C18H24FN3O5S. The molecule has 2 heterocycles. The molecule has 1 aromatic carbocycles. The number of nitrogens with zero attached hydrogens (tertiary/aromatic N) is 2. The van der Waals surface area contributed by atoms with Gasteiger partial charge in [-0.25, -0.2) is 12.8 Å². The Morgan fingerprint density at radius 1 is 1.14 bits per heavy atom. The number of carbonyl (C=O) groups excluding carboxylic acids is 1. The largest absolute Gasteiger partial charge is 0.480 e. The van der Waals surface area contributed by atoms with Gasteiger partial charge >= 0.3 is 5.97 Å². The van der Waals surface area contributed by atoms with Crippen LogP contribution in [0.1, 0.15) is 36.0 Å². The molecule has 0 aromatic heterocycles. The average Bonchev–Trinajstić information content (AvgIpc) is 3.21. The van der Waals surface area contributed by atoms with Gasteiger partial charge in [0, 0.05) is 19.1 Å². The lowest BCUT2D eigenvalue weighted by Crippen LogP contribution is -2.45. The van der Waals surface area contributed by atoms with E-state index in [9.17, 15) is 22.4 Å². The molecule has 28 heavy (non-hydrogen) atoms. The summed E-state index contributed by atoms with van der Waals surface area (Å²) in [6.45, 7) is 2.24. The van der Waals surface area contributed by atoms with Crippen LogP contribution < -0.4 is 5.32 Å². The van der Waals surface area contributed by atoms with Crippen molar-refractivity contribution in [1.82, 2.24) is 14.5 Å². The molecule has 0 radical (unpaired) electrons. The Labute approximate surface area is 163 Å². The number of hydrogen-bond acceptors (Lipinski definition) is 5. The zero-order valence-electron chi connectivity index (χ0n) is 15.4. The molecule has 154 valence electrons. The molecule has 0 atom stereocenters. The Morgan fingerprint density at radius 2 is 1.79 bits per heavy atom. The molecule has 2 aliphatic heterocycles. The van der Waals surface area contributed by atoms with Crippen molar-refractivity contribution in [2.45, 2.75) is 36.6 Å². The number of amides is 1. The quantitative estimate of drug-likeness (QED) is 0.717.